The van der Waals surface area contributed by atoms with E-state index >= 15 is 0 Å². The highest BCUT2D eigenvalue weighted by Gasteiger charge is 2.31. The molecule has 10 nitrogen and oxygen atoms in total. The molecule has 0 bridgehead atoms. The third-order valence-electron chi connectivity index (χ3n) is 8.09. The van der Waals surface area contributed by atoms with Gasteiger partial charge in [0.2, 0.25) is 0 Å². The van der Waals surface area contributed by atoms with Crippen LogP contribution in [0.4, 0.5) is 4.39 Å². The summed E-state index contributed by atoms with van der Waals surface area (Å²) in [7, 11) is -3.23. The summed E-state index contributed by atoms with van der Waals surface area (Å²) in [5.74, 6) is -0.643. The van der Waals surface area contributed by atoms with E-state index in [0.29, 0.717) is 57.8 Å². The molecule has 12 heteroatoms. The molecule has 2 aliphatic heterocycles. The zero-order valence-corrected chi connectivity index (χ0v) is 25.3. The van der Waals surface area contributed by atoms with Crippen LogP contribution in [0.5, 0.6) is 0 Å². The number of nitrogens with zero attached hydrogens (tertiary/aromatic N) is 5. The summed E-state index contributed by atoms with van der Waals surface area (Å²) in [6, 6.07) is 18.6. The second-order valence-electron chi connectivity index (χ2n) is 11.3. The van der Waals surface area contributed by atoms with E-state index in [-0.39, 0.29) is 28.6 Å². The molecule has 1 aromatic heterocycles. The molecular formula is C32H35FN6O4S. The molecule has 2 aliphatic rings. The number of benzene rings is 2. The summed E-state index contributed by atoms with van der Waals surface area (Å²) < 4.78 is 38.3. The molecule has 1 N–H and O–H groups in total. The summed E-state index contributed by atoms with van der Waals surface area (Å²) in [6.07, 6.45) is 1.77. The van der Waals surface area contributed by atoms with E-state index in [1.807, 2.05) is 29.2 Å². The van der Waals surface area contributed by atoms with Crippen molar-refractivity contribution in [2.75, 3.05) is 45.5 Å². The van der Waals surface area contributed by atoms with Crippen molar-refractivity contribution in [3.8, 4) is 6.07 Å². The maximum atomic E-state index is 15.0. The van der Waals surface area contributed by atoms with Gasteiger partial charge in [0, 0.05) is 64.8 Å². The van der Waals surface area contributed by atoms with Crippen LogP contribution in [0.1, 0.15) is 44.0 Å². The molecule has 0 saturated carbocycles. The van der Waals surface area contributed by atoms with Crippen LogP contribution < -0.4 is 5.32 Å². The first kappa shape index (κ1) is 31.3. The molecule has 2 amide bonds. The highest BCUT2D eigenvalue weighted by molar-refractivity contribution is 7.90. The van der Waals surface area contributed by atoms with E-state index in [4.69, 9.17) is 5.26 Å². The van der Waals surface area contributed by atoms with Gasteiger partial charge in [-0.25, -0.2) is 12.8 Å². The Labute approximate surface area is 257 Å². The number of likely N-dealkylation sites (tertiary alicyclic amines) is 1. The van der Waals surface area contributed by atoms with E-state index < -0.39 is 28.0 Å². The van der Waals surface area contributed by atoms with Gasteiger partial charge in [-0.05, 0) is 53.9 Å². The predicted molar refractivity (Wildman–Crippen MR) is 162 cm³/mol. The molecule has 2 unspecified atom stereocenters. The fraction of sp³-hybridized carbons (Fsp3) is 0.375. The van der Waals surface area contributed by atoms with E-state index in [0.717, 1.165) is 11.1 Å². The normalized spacial score (nSPS) is 19.7. The molecule has 5 rings (SSSR count). The topological polar surface area (TPSA) is 127 Å². The number of rotatable bonds is 8. The molecule has 44 heavy (non-hydrogen) atoms. The Morgan fingerprint density at radius 3 is 2.14 bits per heavy atom. The van der Waals surface area contributed by atoms with Crippen LogP contribution in [0.25, 0.3) is 0 Å². The van der Waals surface area contributed by atoms with Crippen LogP contribution in [0.15, 0.2) is 71.8 Å². The number of nitriles is 1. The lowest BCUT2D eigenvalue weighted by Gasteiger charge is -2.35. The first-order valence-electron chi connectivity index (χ1n) is 14.5. The van der Waals surface area contributed by atoms with Crippen molar-refractivity contribution >= 4 is 21.7 Å². The zero-order chi connectivity index (χ0) is 31.3. The molecule has 2 atom stereocenters. The summed E-state index contributed by atoms with van der Waals surface area (Å²) >= 11 is 0. The fourth-order valence-electron chi connectivity index (χ4n) is 5.49. The van der Waals surface area contributed by atoms with Gasteiger partial charge in [-0.1, -0.05) is 24.3 Å². The molecular weight excluding hydrogens is 583 g/mol. The van der Waals surface area contributed by atoms with Crippen molar-refractivity contribution in [3.05, 3.63) is 94.8 Å². The smallest absolute Gasteiger partial charge is 0.272 e. The van der Waals surface area contributed by atoms with Crippen LogP contribution in [0.2, 0.25) is 0 Å². The Balaban J connectivity index is 1.07. The number of aromatic nitrogens is 1. The van der Waals surface area contributed by atoms with Crippen molar-refractivity contribution in [3.63, 3.8) is 0 Å². The summed E-state index contributed by atoms with van der Waals surface area (Å²) in [6.45, 7) is 4.41. The van der Waals surface area contributed by atoms with Gasteiger partial charge >= 0.3 is 0 Å². The molecule has 2 saturated heterocycles. The minimum atomic E-state index is -3.23. The van der Waals surface area contributed by atoms with E-state index in [1.54, 1.807) is 35.2 Å². The monoisotopic (exact) mass is 618 g/mol. The Morgan fingerprint density at radius 2 is 1.57 bits per heavy atom. The average Bonchev–Trinajstić information content (AvgIpc) is 3.02. The maximum Gasteiger partial charge on any atom is 0.272 e. The number of piperazine rings is 1. The van der Waals surface area contributed by atoms with E-state index in [1.165, 1.54) is 18.5 Å². The molecule has 2 aromatic carbocycles. The highest BCUT2D eigenvalue weighted by Crippen LogP contribution is 2.19. The number of hydrogen-bond acceptors (Lipinski definition) is 8. The summed E-state index contributed by atoms with van der Waals surface area (Å²) in [5, 5.41) is 11.7. The van der Waals surface area contributed by atoms with Gasteiger partial charge in [-0.2, -0.15) is 5.26 Å². The van der Waals surface area contributed by atoms with Gasteiger partial charge in [-0.3, -0.25) is 24.4 Å². The summed E-state index contributed by atoms with van der Waals surface area (Å²) in [5.41, 5.74) is 3.09. The number of pyridine rings is 1. The van der Waals surface area contributed by atoms with Crippen LogP contribution in [-0.2, 0) is 22.9 Å². The lowest BCUT2D eigenvalue weighted by atomic mass is 10.0. The van der Waals surface area contributed by atoms with Crippen molar-refractivity contribution in [2.45, 2.75) is 36.6 Å². The van der Waals surface area contributed by atoms with Gasteiger partial charge in [-0.15, -0.1) is 0 Å². The van der Waals surface area contributed by atoms with Crippen molar-refractivity contribution in [1.29, 1.82) is 5.26 Å². The van der Waals surface area contributed by atoms with Crippen molar-refractivity contribution < 1.29 is 22.4 Å². The fourth-order valence-corrected chi connectivity index (χ4v) is 6.12. The second kappa shape index (κ2) is 13.6. The molecule has 3 aromatic rings. The third kappa shape index (κ3) is 7.85. The Hall–Kier alpha value is -4.18. The average molecular weight is 619 g/mol. The minimum absolute atomic E-state index is 0.194. The number of carbonyl (C=O) groups is 2. The van der Waals surface area contributed by atoms with Crippen molar-refractivity contribution in [2.24, 2.45) is 0 Å². The van der Waals surface area contributed by atoms with E-state index in [2.05, 4.69) is 21.3 Å². The third-order valence-corrected chi connectivity index (χ3v) is 9.22. The number of halogens is 1. The van der Waals surface area contributed by atoms with Crippen LogP contribution in [0.3, 0.4) is 0 Å². The maximum absolute atomic E-state index is 15.0. The quantitative estimate of drug-likeness (QED) is 0.409. The number of hydrogen-bond donors (Lipinski definition) is 1. The number of piperidine rings is 1. The Bertz CT molecular complexity index is 1620. The first-order valence-corrected chi connectivity index (χ1v) is 16.4. The number of amides is 2. The molecule has 3 heterocycles. The number of sulfone groups is 1. The van der Waals surface area contributed by atoms with Gasteiger partial charge in [0.05, 0.1) is 28.1 Å². The molecule has 0 aliphatic carbocycles. The SMILES string of the molecule is CS(=O)(=O)c1ccc(CN2CCN(C(=O)c3ccc(C(=O)NC4CCN(Cc5ccc(C#N)cc5)CC4F)cn3)CC2)cc1. The van der Waals surface area contributed by atoms with Crippen LogP contribution >= 0.6 is 0 Å². The lowest BCUT2D eigenvalue weighted by molar-refractivity contribution is 0.0622. The van der Waals surface area contributed by atoms with Crippen LogP contribution in [0, 0.1) is 11.3 Å². The largest absolute Gasteiger partial charge is 0.346 e. The lowest BCUT2D eigenvalue weighted by Crippen LogP contribution is -2.52. The first-order chi connectivity index (χ1) is 21.1. The number of carbonyl (C=O) groups excluding carboxylic acids is 2. The molecule has 230 valence electrons. The highest BCUT2D eigenvalue weighted by atomic mass is 32.2. The summed E-state index contributed by atoms with van der Waals surface area (Å²) in [4.78, 5) is 36.3. The van der Waals surface area contributed by atoms with Crippen LogP contribution in [-0.4, -0.2) is 97.7 Å². The van der Waals surface area contributed by atoms with Gasteiger partial charge < -0.3 is 10.2 Å². The molecule has 2 fully saturated rings. The molecule has 0 spiro atoms. The van der Waals surface area contributed by atoms with E-state index in [9.17, 15) is 22.4 Å². The Morgan fingerprint density at radius 1 is 0.932 bits per heavy atom. The zero-order valence-electron chi connectivity index (χ0n) is 24.5. The standard InChI is InChI=1S/C32H35FN6O4S/c1-44(42,43)27-9-6-25(7-10-27)20-37-14-16-39(17-15-37)32(41)30-11-8-26(19-35-30)31(40)36-29-12-13-38(22-28(29)33)21-24-4-2-23(18-34)3-5-24/h2-11,19,28-29H,12-17,20-22H2,1H3,(H,36,40). The second-order valence-corrected chi connectivity index (χ2v) is 13.4. The van der Waals surface area contributed by atoms with Gasteiger partial charge in [0.25, 0.3) is 11.8 Å². The number of nitrogens with one attached hydrogen (secondary N) is 1. The Kier molecular flexibility index (Phi) is 9.68. The van der Waals surface area contributed by atoms with Crippen molar-refractivity contribution in [1.82, 2.24) is 25.0 Å². The van der Waals surface area contributed by atoms with Gasteiger partial charge in [0.1, 0.15) is 11.9 Å². The molecule has 0 radical (unpaired) electrons. The predicted octanol–water partition coefficient (Wildman–Crippen LogP) is 2.66. The minimum Gasteiger partial charge on any atom is -0.346 e. The number of alkyl halides is 1. The van der Waals surface area contributed by atoms with Gasteiger partial charge in [0.15, 0.2) is 9.84 Å².